The summed E-state index contributed by atoms with van der Waals surface area (Å²) in [5, 5.41) is 15.0. The molecule has 0 unspecified atom stereocenters. The Morgan fingerprint density at radius 3 is 2.86 bits per heavy atom. The number of rotatable bonds is 3. The predicted octanol–water partition coefficient (Wildman–Crippen LogP) is -0.810. The van der Waals surface area contributed by atoms with E-state index in [9.17, 15) is 9.59 Å². The van der Waals surface area contributed by atoms with Crippen molar-refractivity contribution in [3.63, 3.8) is 0 Å². The fourth-order valence-corrected chi connectivity index (χ4v) is 1.21. The summed E-state index contributed by atoms with van der Waals surface area (Å²) < 4.78 is 0. The van der Waals surface area contributed by atoms with E-state index in [0.29, 0.717) is 5.13 Å². The van der Waals surface area contributed by atoms with Gasteiger partial charge in [-0.15, -0.1) is 11.3 Å². The van der Waals surface area contributed by atoms with Gasteiger partial charge in [0.1, 0.15) is 0 Å². The van der Waals surface area contributed by atoms with E-state index in [1.165, 1.54) is 17.5 Å². The fraction of sp³-hybridized carbons (Fsp3) is 0.286. The van der Waals surface area contributed by atoms with E-state index in [1.807, 2.05) is 0 Å². The van der Waals surface area contributed by atoms with Gasteiger partial charge in [-0.3, -0.25) is 14.9 Å². The molecule has 0 atom stereocenters. The van der Waals surface area contributed by atoms with Crippen LogP contribution in [-0.4, -0.2) is 35.1 Å². The van der Waals surface area contributed by atoms with Crippen molar-refractivity contribution in [3.05, 3.63) is 11.6 Å². The maximum atomic E-state index is 11.1. The minimum Gasteiger partial charge on any atom is -0.395 e. The highest BCUT2D eigenvalue weighted by atomic mass is 32.1. The van der Waals surface area contributed by atoms with E-state index in [1.54, 1.807) is 5.38 Å². The second-order valence-electron chi connectivity index (χ2n) is 2.27. The van der Waals surface area contributed by atoms with Crippen molar-refractivity contribution in [1.29, 1.82) is 0 Å². The summed E-state index contributed by atoms with van der Waals surface area (Å²) in [5.74, 6) is -1.57. The summed E-state index contributed by atoms with van der Waals surface area (Å²) in [4.78, 5) is 25.8. The molecule has 0 aromatic carbocycles. The monoisotopic (exact) mass is 215 g/mol. The molecule has 0 aliphatic carbocycles. The van der Waals surface area contributed by atoms with Crippen molar-refractivity contribution < 1.29 is 14.7 Å². The molecule has 6 nitrogen and oxygen atoms in total. The number of nitrogens with one attached hydrogen (secondary N) is 2. The quantitative estimate of drug-likeness (QED) is 0.575. The van der Waals surface area contributed by atoms with E-state index in [-0.39, 0.29) is 13.2 Å². The molecule has 14 heavy (non-hydrogen) atoms. The first kappa shape index (κ1) is 10.6. The molecule has 2 amide bonds. The molecule has 7 heteroatoms. The number of carbonyl (C=O) groups excluding carboxylic acids is 2. The Morgan fingerprint density at radius 2 is 2.29 bits per heavy atom. The van der Waals surface area contributed by atoms with Gasteiger partial charge >= 0.3 is 11.8 Å². The van der Waals surface area contributed by atoms with Gasteiger partial charge in [0.2, 0.25) is 0 Å². The van der Waals surface area contributed by atoms with Crippen molar-refractivity contribution in [2.45, 2.75) is 0 Å². The van der Waals surface area contributed by atoms with Gasteiger partial charge in [0.15, 0.2) is 5.13 Å². The van der Waals surface area contributed by atoms with E-state index >= 15 is 0 Å². The molecule has 3 N–H and O–H groups in total. The Bertz CT molecular complexity index is 312. The third kappa shape index (κ3) is 3.11. The third-order valence-electron chi connectivity index (χ3n) is 1.26. The SMILES string of the molecule is O=C(NCCO)C(=O)Nc1nccs1. The summed E-state index contributed by atoms with van der Waals surface area (Å²) in [6, 6.07) is 0. The highest BCUT2D eigenvalue weighted by Crippen LogP contribution is 2.09. The van der Waals surface area contributed by atoms with Crippen molar-refractivity contribution in [2.75, 3.05) is 18.5 Å². The van der Waals surface area contributed by atoms with Crippen LogP contribution in [0.25, 0.3) is 0 Å². The molecule has 1 heterocycles. The molecule has 0 aliphatic heterocycles. The topological polar surface area (TPSA) is 91.3 Å². The molecule has 0 fully saturated rings. The molecule has 0 spiro atoms. The highest BCUT2D eigenvalue weighted by Gasteiger charge is 2.13. The lowest BCUT2D eigenvalue weighted by Crippen LogP contribution is -2.36. The minimum atomic E-state index is -0.784. The number of anilines is 1. The van der Waals surface area contributed by atoms with Crippen LogP contribution < -0.4 is 10.6 Å². The molecular formula is C7H9N3O3S. The summed E-state index contributed by atoms with van der Waals surface area (Å²) in [5.41, 5.74) is 0. The Morgan fingerprint density at radius 1 is 1.50 bits per heavy atom. The van der Waals surface area contributed by atoms with E-state index in [4.69, 9.17) is 5.11 Å². The summed E-state index contributed by atoms with van der Waals surface area (Å²) in [6.07, 6.45) is 1.52. The predicted molar refractivity (Wildman–Crippen MR) is 50.8 cm³/mol. The first-order valence-corrected chi connectivity index (χ1v) is 4.71. The Labute approximate surface area is 84.0 Å². The minimum absolute atomic E-state index is 0.0596. The van der Waals surface area contributed by atoms with E-state index in [2.05, 4.69) is 15.6 Å². The number of nitrogens with zero attached hydrogens (tertiary/aromatic N) is 1. The Balaban J connectivity index is 2.38. The molecule has 0 radical (unpaired) electrons. The van der Waals surface area contributed by atoms with Crippen LogP contribution in [0, 0.1) is 0 Å². The average molecular weight is 215 g/mol. The zero-order valence-corrected chi connectivity index (χ0v) is 8.00. The summed E-state index contributed by atoms with van der Waals surface area (Å²) >= 11 is 1.22. The first-order chi connectivity index (χ1) is 6.74. The summed E-state index contributed by atoms with van der Waals surface area (Å²) in [7, 11) is 0. The van der Waals surface area contributed by atoms with Crippen LogP contribution in [0.3, 0.4) is 0 Å². The Hall–Kier alpha value is -1.47. The lowest BCUT2D eigenvalue weighted by molar-refractivity contribution is -0.136. The highest BCUT2D eigenvalue weighted by molar-refractivity contribution is 7.13. The fourth-order valence-electron chi connectivity index (χ4n) is 0.689. The average Bonchev–Trinajstić information content (AvgIpc) is 2.66. The standard InChI is InChI=1S/C7H9N3O3S/c11-3-1-8-5(12)6(13)10-7-9-2-4-14-7/h2,4,11H,1,3H2,(H,8,12)(H,9,10,13). The number of aromatic nitrogens is 1. The summed E-state index contributed by atoms with van der Waals surface area (Å²) in [6.45, 7) is -0.138. The largest absolute Gasteiger partial charge is 0.395 e. The van der Waals surface area contributed by atoms with Crippen LogP contribution in [0.2, 0.25) is 0 Å². The molecule has 0 bridgehead atoms. The molecular weight excluding hydrogens is 206 g/mol. The number of aliphatic hydroxyl groups excluding tert-OH is 1. The van der Waals surface area contributed by atoms with Gasteiger partial charge < -0.3 is 10.4 Å². The number of aliphatic hydroxyl groups is 1. The van der Waals surface area contributed by atoms with Gasteiger partial charge in [0.05, 0.1) is 6.61 Å². The van der Waals surface area contributed by atoms with Crippen LogP contribution in [-0.2, 0) is 9.59 Å². The lowest BCUT2D eigenvalue weighted by Gasteiger charge is -2.01. The molecule has 0 saturated heterocycles. The van der Waals surface area contributed by atoms with Crippen molar-refractivity contribution in [3.8, 4) is 0 Å². The molecule has 76 valence electrons. The second kappa shape index (κ2) is 5.30. The van der Waals surface area contributed by atoms with Crippen LogP contribution in [0.4, 0.5) is 5.13 Å². The number of thiazole rings is 1. The van der Waals surface area contributed by atoms with Gasteiger partial charge in [-0.2, -0.15) is 0 Å². The zero-order chi connectivity index (χ0) is 10.4. The second-order valence-corrected chi connectivity index (χ2v) is 3.17. The van der Waals surface area contributed by atoms with Crippen LogP contribution >= 0.6 is 11.3 Å². The zero-order valence-electron chi connectivity index (χ0n) is 7.19. The molecule has 0 saturated carbocycles. The molecule has 1 aromatic rings. The number of hydrogen-bond acceptors (Lipinski definition) is 5. The number of amides is 2. The maximum Gasteiger partial charge on any atom is 0.315 e. The Kier molecular flexibility index (Phi) is 4.02. The normalized spacial score (nSPS) is 9.50. The van der Waals surface area contributed by atoms with Gasteiger partial charge in [0, 0.05) is 18.1 Å². The third-order valence-corrected chi connectivity index (χ3v) is 1.94. The lowest BCUT2D eigenvalue weighted by atomic mass is 10.5. The van der Waals surface area contributed by atoms with Crippen LogP contribution in [0.1, 0.15) is 0 Å². The maximum absolute atomic E-state index is 11.1. The molecule has 0 aliphatic rings. The van der Waals surface area contributed by atoms with Crippen molar-refractivity contribution >= 4 is 28.3 Å². The van der Waals surface area contributed by atoms with E-state index < -0.39 is 11.8 Å². The van der Waals surface area contributed by atoms with Gasteiger partial charge in [-0.25, -0.2) is 4.98 Å². The first-order valence-electron chi connectivity index (χ1n) is 3.83. The van der Waals surface area contributed by atoms with E-state index in [0.717, 1.165) is 0 Å². The van der Waals surface area contributed by atoms with Crippen molar-refractivity contribution in [1.82, 2.24) is 10.3 Å². The van der Waals surface area contributed by atoms with Crippen molar-refractivity contribution in [2.24, 2.45) is 0 Å². The van der Waals surface area contributed by atoms with Gasteiger partial charge in [-0.05, 0) is 0 Å². The van der Waals surface area contributed by atoms with Gasteiger partial charge in [-0.1, -0.05) is 0 Å². The van der Waals surface area contributed by atoms with Gasteiger partial charge in [0.25, 0.3) is 0 Å². The molecule has 1 aromatic heterocycles. The molecule has 1 rings (SSSR count). The van der Waals surface area contributed by atoms with Crippen LogP contribution in [0.5, 0.6) is 0 Å². The number of carbonyl (C=O) groups is 2. The van der Waals surface area contributed by atoms with Crippen LogP contribution in [0.15, 0.2) is 11.6 Å². The number of hydrogen-bond donors (Lipinski definition) is 3. The smallest absolute Gasteiger partial charge is 0.315 e.